The first-order chi connectivity index (χ1) is 6.46. The lowest BCUT2D eigenvalue weighted by Gasteiger charge is -2.27. The number of para-hydroxylation sites is 1. The molecular formula is C11H17NO2. The fourth-order valence-corrected chi connectivity index (χ4v) is 1.30. The quantitative estimate of drug-likeness (QED) is 0.767. The van der Waals surface area contributed by atoms with Gasteiger partial charge in [0, 0.05) is 5.56 Å². The highest BCUT2D eigenvalue weighted by Gasteiger charge is 2.26. The Labute approximate surface area is 84.5 Å². The van der Waals surface area contributed by atoms with Gasteiger partial charge in [-0.25, -0.2) is 0 Å². The van der Waals surface area contributed by atoms with Gasteiger partial charge in [-0.3, -0.25) is 0 Å². The van der Waals surface area contributed by atoms with E-state index >= 15 is 0 Å². The maximum atomic E-state index is 9.78. The van der Waals surface area contributed by atoms with E-state index in [0.717, 1.165) is 5.56 Å². The summed E-state index contributed by atoms with van der Waals surface area (Å²) in [4.78, 5) is 0. The molecule has 3 nitrogen and oxygen atoms in total. The van der Waals surface area contributed by atoms with Crippen LogP contribution in [0, 0.1) is 0 Å². The maximum absolute atomic E-state index is 9.78. The van der Waals surface area contributed by atoms with Crippen LogP contribution in [0.5, 0.6) is 5.75 Å². The minimum Gasteiger partial charge on any atom is -0.496 e. The molecule has 0 fully saturated rings. The molecule has 78 valence electrons. The zero-order chi connectivity index (χ0) is 10.8. The van der Waals surface area contributed by atoms with Crippen molar-refractivity contribution < 1.29 is 9.84 Å². The van der Waals surface area contributed by atoms with Crippen LogP contribution in [0.4, 0.5) is 0 Å². The van der Waals surface area contributed by atoms with Crippen molar-refractivity contribution >= 4 is 0 Å². The van der Waals surface area contributed by atoms with Crippen molar-refractivity contribution in [2.45, 2.75) is 25.5 Å². The molecule has 14 heavy (non-hydrogen) atoms. The first-order valence-electron chi connectivity index (χ1n) is 4.57. The Balaban J connectivity index is 3.06. The van der Waals surface area contributed by atoms with Crippen LogP contribution in [-0.2, 0) is 0 Å². The van der Waals surface area contributed by atoms with Crippen molar-refractivity contribution in [3.8, 4) is 5.75 Å². The Morgan fingerprint density at radius 3 is 2.43 bits per heavy atom. The van der Waals surface area contributed by atoms with Gasteiger partial charge in [0.25, 0.3) is 0 Å². The summed E-state index contributed by atoms with van der Waals surface area (Å²) in [5.74, 6) is 0.710. The molecule has 1 aromatic carbocycles. The molecule has 3 heteroatoms. The standard InChI is InChI=1S/C11H17NO2/c1-11(2,13)10(12)8-6-4-5-7-9(8)14-3/h4-7,10,13H,12H2,1-3H3. The van der Waals surface area contributed by atoms with E-state index in [1.807, 2.05) is 24.3 Å². The second-order valence-corrected chi connectivity index (χ2v) is 3.87. The smallest absolute Gasteiger partial charge is 0.123 e. The van der Waals surface area contributed by atoms with Crippen molar-refractivity contribution in [1.29, 1.82) is 0 Å². The Hall–Kier alpha value is -1.06. The highest BCUT2D eigenvalue weighted by molar-refractivity contribution is 5.36. The predicted molar refractivity (Wildman–Crippen MR) is 56.2 cm³/mol. The van der Waals surface area contributed by atoms with Crippen LogP contribution in [0.1, 0.15) is 25.5 Å². The van der Waals surface area contributed by atoms with Crippen molar-refractivity contribution in [2.75, 3.05) is 7.11 Å². The first kappa shape index (κ1) is 11.0. The minimum atomic E-state index is -0.950. The molecule has 0 aliphatic rings. The average molecular weight is 195 g/mol. The largest absolute Gasteiger partial charge is 0.496 e. The second-order valence-electron chi connectivity index (χ2n) is 3.87. The van der Waals surface area contributed by atoms with Crippen LogP contribution in [0.3, 0.4) is 0 Å². The van der Waals surface area contributed by atoms with Crippen LogP contribution in [0.2, 0.25) is 0 Å². The number of hydrogen-bond acceptors (Lipinski definition) is 3. The van der Waals surface area contributed by atoms with Crippen LogP contribution >= 0.6 is 0 Å². The number of nitrogens with two attached hydrogens (primary N) is 1. The first-order valence-corrected chi connectivity index (χ1v) is 4.57. The van der Waals surface area contributed by atoms with Crippen LogP contribution in [0.25, 0.3) is 0 Å². The summed E-state index contributed by atoms with van der Waals surface area (Å²) < 4.78 is 5.17. The topological polar surface area (TPSA) is 55.5 Å². The molecule has 0 aromatic heterocycles. The molecule has 0 amide bonds. The molecule has 1 atom stereocenters. The summed E-state index contributed by atoms with van der Waals surface area (Å²) in [5, 5.41) is 9.78. The van der Waals surface area contributed by atoms with Crippen LogP contribution in [0.15, 0.2) is 24.3 Å². The Kier molecular flexibility index (Phi) is 3.13. The third-order valence-corrected chi connectivity index (χ3v) is 2.24. The van der Waals surface area contributed by atoms with E-state index < -0.39 is 11.6 Å². The van der Waals surface area contributed by atoms with E-state index in [1.54, 1.807) is 21.0 Å². The number of hydrogen-bond donors (Lipinski definition) is 2. The molecule has 0 radical (unpaired) electrons. The number of methoxy groups -OCH3 is 1. The molecule has 0 bridgehead atoms. The van der Waals surface area contributed by atoms with E-state index in [-0.39, 0.29) is 0 Å². The van der Waals surface area contributed by atoms with Crippen molar-refractivity contribution in [2.24, 2.45) is 5.73 Å². The van der Waals surface area contributed by atoms with Crippen molar-refractivity contribution in [3.63, 3.8) is 0 Å². The van der Waals surface area contributed by atoms with Gasteiger partial charge >= 0.3 is 0 Å². The Morgan fingerprint density at radius 1 is 1.36 bits per heavy atom. The lowest BCUT2D eigenvalue weighted by Crippen LogP contribution is -2.35. The lowest BCUT2D eigenvalue weighted by molar-refractivity contribution is 0.0508. The summed E-state index contributed by atoms with van der Waals surface area (Å²) >= 11 is 0. The van der Waals surface area contributed by atoms with Crippen LogP contribution in [-0.4, -0.2) is 17.8 Å². The Bertz CT molecular complexity index is 304. The number of benzene rings is 1. The predicted octanol–water partition coefficient (Wildman–Crippen LogP) is 1.47. The summed E-state index contributed by atoms with van der Waals surface area (Å²) in [6, 6.07) is 7.00. The van der Waals surface area contributed by atoms with Gasteiger partial charge in [0.15, 0.2) is 0 Å². The Morgan fingerprint density at radius 2 is 1.93 bits per heavy atom. The number of rotatable bonds is 3. The van der Waals surface area contributed by atoms with E-state index in [2.05, 4.69) is 0 Å². The minimum absolute atomic E-state index is 0.446. The molecule has 0 saturated heterocycles. The summed E-state index contributed by atoms with van der Waals surface area (Å²) in [5.41, 5.74) is 5.79. The van der Waals surface area contributed by atoms with Gasteiger partial charge in [-0.05, 0) is 19.9 Å². The van der Waals surface area contributed by atoms with Gasteiger partial charge in [0.1, 0.15) is 5.75 Å². The molecule has 1 aromatic rings. The summed E-state index contributed by atoms with van der Waals surface area (Å²) in [6.45, 7) is 3.37. The molecule has 1 unspecified atom stereocenters. The second kappa shape index (κ2) is 3.98. The zero-order valence-electron chi connectivity index (χ0n) is 8.82. The third kappa shape index (κ3) is 2.25. The van der Waals surface area contributed by atoms with E-state index in [4.69, 9.17) is 10.5 Å². The third-order valence-electron chi connectivity index (χ3n) is 2.24. The molecular weight excluding hydrogens is 178 g/mol. The SMILES string of the molecule is COc1ccccc1C(N)C(C)(C)O. The monoisotopic (exact) mass is 195 g/mol. The van der Waals surface area contributed by atoms with Gasteiger partial charge < -0.3 is 15.6 Å². The van der Waals surface area contributed by atoms with Crippen molar-refractivity contribution in [1.82, 2.24) is 0 Å². The van der Waals surface area contributed by atoms with Gasteiger partial charge in [0.2, 0.25) is 0 Å². The van der Waals surface area contributed by atoms with Crippen LogP contribution < -0.4 is 10.5 Å². The van der Waals surface area contributed by atoms with E-state index in [9.17, 15) is 5.11 Å². The summed E-state index contributed by atoms with van der Waals surface area (Å²) in [7, 11) is 1.59. The molecule has 0 spiro atoms. The lowest BCUT2D eigenvalue weighted by atomic mass is 9.92. The molecule has 0 aliphatic heterocycles. The van der Waals surface area contributed by atoms with E-state index in [1.165, 1.54) is 0 Å². The van der Waals surface area contributed by atoms with Gasteiger partial charge in [0.05, 0.1) is 18.8 Å². The fraction of sp³-hybridized carbons (Fsp3) is 0.455. The van der Waals surface area contributed by atoms with E-state index in [0.29, 0.717) is 5.75 Å². The highest BCUT2D eigenvalue weighted by Crippen LogP contribution is 2.29. The molecule has 3 N–H and O–H groups in total. The summed E-state index contributed by atoms with van der Waals surface area (Å²) in [6.07, 6.45) is 0. The number of aliphatic hydroxyl groups is 1. The number of ether oxygens (including phenoxy) is 1. The van der Waals surface area contributed by atoms with Crippen molar-refractivity contribution in [3.05, 3.63) is 29.8 Å². The normalized spacial score (nSPS) is 13.8. The zero-order valence-corrected chi connectivity index (χ0v) is 8.82. The highest BCUT2D eigenvalue weighted by atomic mass is 16.5. The molecule has 0 saturated carbocycles. The maximum Gasteiger partial charge on any atom is 0.123 e. The van der Waals surface area contributed by atoms with Gasteiger partial charge in [-0.1, -0.05) is 18.2 Å². The molecule has 1 rings (SSSR count). The average Bonchev–Trinajstić information content (AvgIpc) is 2.15. The molecule has 0 heterocycles. The fourth-order valence-electron chi connectivity index (χ4n) is 1.30. The van der Waals surface area contributed by atoms with Gasteiger partial charge in [-0.2, -0.15) is 0 Å². The van der Waals surface area contributed by atoms with Gasteiger partial charge in [-0.15, -0.1) is 0 Å². The molecule has 0 aliphatic carbocycles.